The number of anilines is 2. The number of carbonyl (C=O) groups is 1. The summed E-state index contributed by atoms with van der Waals surface area (Å²) in [4.78, 5) is 41.6. The molecule has 5 heterocycles. The maximum absolute atomic E-state index is 14.0. The summed E-state index contributed by atoms with van der Waals surface area (Å²) in [5, 5.41) is 16.0. The highest BCUT2D eigenvalue weighted by molar-refractivity contribution is 7.90. The highest BCUT2D eigenvalue weighted by Crippen LogP contribution is 2.54. The molecule has 2 aliphatic heterocycles. The first kappa shape index (κ1) is 44.6. The van der Waals surface area contributed by atoms with E-state index in [0.29, 0.717) is 48.3 Å². The van der Waals surface area contributed by atoms with Gasteiger partial charge in [0.15, 0.2) is 0 Å². The van der Waals surface area contributed by atoms with Gasteiger partial charge in [-0.1, -0.05) is 57.9 Å². The van der Waals surface area contributed by atoms with E-state index in [2.05, 4.69) is 86.8 Å². The number of hydrogen-bond acceptors (Lipinski definition) is 12. The number of aromatic amines is 1. The lowest BCUT2D eigenvalue weighted by Gasteiger charge is -2.60. The van der Waals surface area contributed by atoms with Crippen molar-refractivity contribution in [2.75, 3.05) is 49.6 Å². The highest BCUT2D eigenvalue weighted by atomic mass is 32.2. The van der Waals surface area contributed by atoms with Gasteiger partial charge in [-0.15, -0.1) is 0 Å². The second-order valence-corrected chi connectivity index (χ2v) is 21.1. The van der Waals surface area contributed by atoms with Crippen LogP contribution in [-0.2, 0) is 20.3 Å². The average Bonchev–Trinajstić information content (AvgIpc) is 3.76. The number of nitrogens with one attached hydrogen (secondary N) is 3. The van der Waals surface area contributed by atoms with Crippen LogP contribution in [0.1, 0.15) is 106 Å². The third kappa shape index (κ3) is 9.17. The lowest BCUT2D eigenvalue weighted by Crippen LogP contribution is -2.63. The van der Waals surface area contributed by atoms with Gasteiger partial charge in [-0.25, -0.2) is 23.1 Å². The number of pyridine rings is 2. The number of piperidine rings is 1. The molecule has 0 bridgehead atoms. The molecule has 5 aromatic rings. The fourth-order valence-corrected chi connectivity index (χ4v) is 11.8. The van der Waals surface area contributed by atoms with Crippen LogP contribution in [0, 0.1) is 27.4 Å². The van der Waals surface area contributed by atoms with Crippen LogP contribution < -0.4 is 19.7 Å². The van der Waals surface area contributed by atoms with Crippen LogP contribution in [0.4, 0.5) is 17.2 Å². The Kier molecular flexibility index (Phi) is 12.4. The summed E-state index contributed by atoms with van der Waals surface area (Å²) in [6.45, 7) is 13.5. The van der Waals surface area contributed by atoms with Gasteiger partial charge in [-0.2, -0.15) is 0 Å². The molecule has 15 nitrogen and oxygen atoms in total. The van der Waals surface area contributed by atoms with Gasteiger partial charge in [0.25, 0.3) is 15.9 Å². The number of nitrogens with zero attached hydrogens (tertiary/aromatic N) is 5. The fourth-order valence-electron chi connectivity index (χ4n) is 10.8. The van der Waals surface area contributed by atoms with E-state index in [1.807, 2.05) is 12.1 Å². The van der Waals surface area contributed by atoms with Crippen molar-refractivity contribution in [2.24, 2.45) is 17.3 Å². The van der Waals surface area contributed by atoms with Gasteiger partial charge in [0.05, 0.1) is 41.6 Å². The molecule has 0 unspecified atom stereocenters. The number of rotatable bonds is 13. The number of ether oxygens (including phenoxy) is 2. The van der Waals surface area contributed by atoms with Gasteiger partial charge in [0.2, 0.25) is 5.82 Å². The van der Waals surface area contributed by atoms with E-state index in [0.717, 1.165) is 101 Å². The predicted molar refractivity (Wildman–Crippen MR) is 250 cm³/mol. The SMILES string of the molecule is CC(C)c1ccccc1[C@]1(C)COCCN1C1CC2(CCN(c3ccc(C(=O)NS(=O)(=O)c4cnc(NC[C@H]5CC[C@@H](C)CC5)c([N+](=O)[O-])c4)c(Oc4cnc5[nH]ccc5c4)c3)CC2)C1. The Labute approximate surface area is 380 Å². The number of hydrogen-bond donors (Lipinski definition) is 3. The molecule has 0 radical (unpaired) electrons. The Balaban J connectivity index is 0.907. The number of carbonyl (C=O) groups excluding carboxylic acids is 1. The van der Waals surface area contributed by atoms with Gasteiger partial charge in [0, 0.05) is 61.6 Å². The predicted octanol–water partition coefficient (Wildman–Crippen LogP) is 9.14. The third-order valence-electron chi connectivity index (χ3n) is 14.7. The topological polar surface area (TPSA) is 185 Å². The zero-order chi connectivity index (χ0) is 45.5. The van der Waals surface area contributed by atoms with Gasteiger partial charge in [-0.05, 0) is 104 Å². The minimum Gasteiger partial charge on any atom is -0.455 e. The summed E-state index contributed by atoms with van der Waals surface area (Å²) in [6.07, 6.45) is 12.9. The van der Waals surface area contributed by atoms with Crippen molar-refractivity contribution in [3.8, 4) is 11.5 Å². The first-order chi connectivity index (χ1) is 31.2. The number of morpholine rings is 1. The number of fused-ring (bicyclic) bond motifs is 1. The second-order valence-electron chi connectivity index (χ2n) is 19.4. The molecular formula is C49H60N8O7S. The van der Waals surface area contributed by atoms with Crippen LogP contribution in [0.5, 0.6) is 11.5 Å². The highest BCUT2D eigenvalue weighted by Gasteiger charge is 2.52. The van der Waals surface area contributed by atoms with Crippen molar-refractivity contribution in [1.82, 2.24) is 24.6 Å². The zero-order valence-electron chi connectivity index (χ0n) is 37.7. The van der Waals surface area contributed by atoms with Gasteiger partial charge in [0.1, 0.15) is 22.0 Å². The third-order valence-corrected chi connectivity index (χ3v) is 16.0. The molecule has 2 aromatic carbocycles. The van der Waals surface area contributed by atoms with E-state index in [-0.39, 0.29) is 28.1 Å². The molecule has 1 atom stereocenters. The van der Waals surface area contributed by atoms with E-state index in [9.17, 15) is 23.3 Å². The first-order valence-corrected chi connectivity index (χ1v) is 24.6. The molecule has 3 aromatic heterocycles. The molecule has 344 valence electrons. The number of amides is 1. The Morgan fingerprint density at radius 3 is 2.54 bits per heavy atom. The van der Waals surface area contributed by atoms with Crippen molar-refractivity contribution >= 4 is 44.2 Å². The summed E-state index contributed by atoms with van der Waals surface area (Å²) in [5.41, 5.74) is 3.79. The number of benzene rings is 2. The van der Waals surface area contributed by atoms with Crippen LogP contribution in [-0.4, -0.2) is 84.5 Å². The smallest absolute Gasteiger partial charge is 0.312 e. The molecule has 2 saturated heterocycles. The maximum Gasteiger partial charge on any atom is 0.312 e. The number of aromatic nitrogens is 3. The molecule has 1 spiro atoms. The Morgan fingerprint density at radius 1 is 1.02 bits per heavy atom. The molecule has 4 aliphatic rings. The first-order valence-electron chi connectivity index (χ1n) is 23.1. The standard InChI is InChI=1S/C49H60N8O7S/c1-32(2)40-7-5-6-8-42(40)48(4)31-63-22-21-56(48)37-26-49(27-37)16-19-55(20-17-49)36-13-14-41(44(24-36)64-38-23-35-15-18-50-45(35)52-29-38)47(58)54-65(61,62)39-25-43(57(59)60)46(53-30-39)51-28-34-11-9-33(3)10-12-34/h5-8,13-15,18,23-25,29-30,32-34,37H,9-12,16-17,19-22,26-28,31H2,1-4H3,(H,50,52)(H,51,53)(H,54,58)/t33-,34+,48-/m0/s1. The molecule has 16 heteroatoms. The Hall–Kier alpha value is -5.58. The largest absolute Gasteiger partial charge is 0.455 e. The van der Waals surface area contributed by atoms with Gasteiger partial charge < -0.3 is 24.7 Å². The molecule has 9 rings (SSSR count). The number of nitro groups is 1. The van der Waals surface area contributed by atoms with E-state index in [1.165, 1.54) is 17.3 Å². The molecule has 2 aliphatic carbocycles. The van der Waals surface area contributed by atoms with Gasteiger partial charge >= 0.3 is 5.69 Å². The molecule has 1 amide bonds. The van der Waals surface area contributed by atoms with Crippen molar-refractivity contribution in [3.63, 3.8) is 0 Å². The normalized spacial score (nSPS) is 22.8. The minimum absolute atomic E-state index is 0.0118. The van der Waals surface area contributed by atoms with Crippen molar-refractivity contribution in [2.45, 2.75) is 101 Å². The Bertz CT molecular complexity index is 2670. The summed E-state index contributed by atoms with van der Waals surface area (Å²) in [6, 6.07) is 19.0. The summed E-state index contributed by atoms with van der Waals surface area (Å²) >= 11 is 0. The van der Waals surface area contributed by atoms with Crippen molar-refractivity contribution < 1.29 is 27.6 Å². The summed E-state index contributed by atoms with van der Waals surface area (Å²) < 4.78 is 42.1. The van der Waals surface area contributed by atoms with E-state index in [4.69, 9.17) is 9.47 Å². The van der Waals surface area contributed by atoms with Crippen LogP contribution >= 0.6 is 0 Å². The molecule has 65 heavy (non-hydrogen) atoms. The summed E-state index contributed by atoms with van der Waals surface area (Å²) in [7, 11) is -4.60. The van der Waals surface area contributed by atoms with Crippen LogP contribution in [0.25, 0.3) is 11.0 Å². The summed E-state index contributed by atoms with van der Waals surface area (Å²) in [5.74, 6) is 0.959. The van der Waals surface area contributed by atoms with Crippen molar-refractivity contribution in [1.29, 1.82) is 0 Å². The molecular weight excluding hydrogens is 845 g/mol. The van der Waals surface area contributed by atoms with E-state index < -0.39 is 31.4 Å². The number of H-pyrrole nitrogens is 1. The molecule has 3 N–H and O–H groups in total. The maximum atomic E-state index is 14.0. The van der Waals surface area contributed by atoms with Crippen molar-refractivity contribution in [3.05, 3.63) is 106 Å². The molecule has 4 fully saturated rings. The van der Waals surface area contributed by atoms with E-state index in [1.54, 1.807) is 24.4 Å². The van der Waals surface area contributed by atoms with E-state index >= 15 is 0 Å². The minimum atomic E-state index is -4.60. The lowest BCUT2D eigenvalue weighted by atomic mass is 9.59. The quantitative estimate of drug-likeness (QED) is 0.0753. The van der Waals surface area contributed by atoms with Crippen LogP contribution in [0.2, 0.25) is 0 Å². The molecule has 2 saturated carbocycles. The number of sulfonamides is 1. The second kappa shape index (κ2) is 18.0. The zero-order valence-corrected chi connectivity index (χ0v) is 38.5. The van der Waals surface area contributed by atoms with Crippen LogP contribution in [0.3, 0.4) is 0 Å². The monoisotopic (exact) mass is 904 g/mol. The lowest BCUT2D eigenvalue weighted by molar-refractivity contribution is -0.384. The fraction of sp³-hybridized carbons (Fsp3) is 0.490. The van der Waals surface area contributed by atoms with Gasteiger partial charge in [-0.3, -0.25) is 19.8 Å². The van der Waals surface area contributed by atoms with Crippen LogP contribution in [0.15, 0.2) is 84.1 Å². The average molecular weight is 905 g/mol. The Morgan fingerprint density at radius 2 is 1.78 bits per heavy atom.